The highest BCUT2D eigenvalue weighted by Gasteiger charge is 2.49. The summed E-state index contributed by atoms with van der Waals surface area (Å²) in [7, 11) is 0. The molecule has 9 nitrogen and oxygen atoms in total. The number of likely N-dealkylation sites (tertiary alicyclic amines) is 1. The number of carboxylic acids is 1. The van der Waals surface area contributed by atoms with Crippen LogP contribution in [0.2, 0.25) is 0 Å². The third-order valence-electron chi connectivity index (χ3n) is 6.98. The van der Waals surface area contributed by atoms with Crippen LogP contribution in [0, 0.1) is 0 Å². The van der Waals surface area contributed by atoms with Crippen LogP contribution in [0.15, 0.2) is 48.5 Å². The third-order valence-corrected chi connectivity index (χ3v) is 6.98. The minimum atomic E-state index is -1.03. The molecule has 3 atom stereocenters. The molecule has 0 saturated carbocycles. The SMILES string of the molecule is O=C(NCCOCC(=O)N1C(C(=O)O)CC2OCCC21)OCC1c2ccccc2-c2ccccc21. The summed E-state index contributed by atoms with van der Waals surface area (Å²) in [5.41, 5.74) is 4.60. The number of aliphatic carboxylic acids is 1. The Morgan fingerprint density at radius 1 is 1.06 bits per heavy atom. The highest BCUT2D eigenvalue weighted by Crippen LogP contribution is 2.44. The van der Waals surface area contributed by atoms with Gasteiger partial charge in [-0.1, -0.05) is 48.5 Å². The average molecular weight is 481 g/mol. The summed E-state index contributed by atoms with van der Waals surface area (Å²) >= 11 is 0. The topological polar surface area (TPSA) is 114 Å². The number of hydrogen-bond acceptors (Lipinski definition) is 6. The molecule has 2 fully saturated rings. The first-order chi connectivity index (χ1) is 17.0. The van der Waals surface area contributed by atoms with Crippen LogP contribution >= 0.6 is 0 Å². The Kier molecular flexibility index (Phi) is 6.70. The van der Waals surface area contributed by atoms with Crippen LogP contribution in [-0.2, 0) is 23.8 Å². The Balaban J connectivity index is 1.06. The van der Waals surface area contributed by atoms with E-state index in [0.717, 1.165) is 22.3 Å². The van der Waals surface area contributed by atoms with Gasteiger partial charge in [0.05, 0.1) is 18.8 Å². The lowest BCUT2D eigenvalue weighted by molar-refractivity contribution is -0.151. The quantitative estimate of drug-likeness (QED) is 0.558. The predicted molar refractivity (Wildman–Crippen MR) is 125 cm³/mol. The van der Waals surface area contributed by atoms with Crippen LogP contribution < -0.4 is 5.32 Å². The van der Waals surface area contributed by atoms with E-state index in [-0.39, 0.29) is 50.3 Å². The number of carbonyl (C=O) groups is 3. The first kappa shape index (κ1) is 23.3. The summed E-state index contributed by atoms with van der Waals surface area (Å²) < 4.78 is 16.4. The van der Waals surface area contributed by atoms with Gasteiger partial charge in [-0.15, -0.1) is 0 Å². The molecule has 5 rings (SSSR count). The smallest absolute Gasteiger partial charge is 0.407 e. The van der Waals surface area contributed by atoms with Gasteiger partial charge < -0.3 is 29.5 Å². The van der Waals surface area contributed by atoms with Gasteiger partial charge in [0.15, 0.2) is 0 Å². The second kappa shape index (κ2) is 10.1. The molecule has 2 aliphatic heterocycles. The van der Waals surface area contributed by atoms with Gasteiger partial charge in [-0.2, -0.15) is 0 Å². The van der Waals surface area contributed by atoms with Crippen molar-refractivity contribution in [3.8, 4) is 11.1 Å². The molecule has 0 aromatic heterocycles. The average Bonchev–Trinajstić information content (AvgIpc) is 3.54. The monoisotopic (exact) mass is 480 g/mol. The van der Waals surface area contributed by atoms with Crippen molar-refractivity contribution < 1.29 is 33.7 Å². The van der Waals surface area contributed by atoms with E-state index in [2.05, 4.69) is 29.6 Å². The normalized spacial score (nSPS) is 22.4. The molecular formula is C26H28N2O7. The van der Waals surface area contributed by atoms with E-state index in [9.17, 15) is 19.5 Å². The number of amides is 2. The maximum absolute atomic E-state index is 12.6. The number of fused-ring (bicyclic) bond motifs is 4. The van der Waals surface area contributed by atoms with Gasteiger partial charge >= 0.3 is 12.1 Å². The van der Waals surface area contributed by atoms with Crippen LogP contribution in [0.4, 0.5) is 4.79 Å². The van der Waals surface area contributed by atoms with Crippen LogP contribution in [0.5, 0.6) is 0 Å². The maximum Gasteiger partial charge on any atom is 0.407 e. The molecule has 2 aromatic rings. The number of benzene rings is 2. The largest absolute Gasteiger partial charge is 0.480 e. The van der Waals surface area contributed by atoms with Crippen LogP contribution in [0.25, 0.3) is 11.1 Å². The van der Waals surface area contributed by atoms with Crippen molar-refractivity contribution in [3.63, 3.8) is 0 Å². The van der Waals surface area contributed by atoms with Gasteiger partial charge in [0.1, 0.15) is 19.3 Å². The second-order valence-corrected chi connectivity index (χ2v) is 8.96. The zero-order valence-electron chi connectivity index (χ0n) is 19.2. The Morgan fingerprint density at radius 3 is 2.43 bits per heavy atom. The first-order valence-corrected chi connectivity index (χ1v) is 11.9. The highest BCUT2D eigenvalue weighted by atomic mass is 16.5. The molecule has 184 valence electrons. The van der Waals surface area contributed by atoms with E-state index in [1.807, 2.05) is 24.3 Å². The molecule has 2 heterocycles. The second-order valence-electron chi connectivity index (χ2n) is 8.96. The van der Waals surface area contributed by atoms with E-state index < -0.39 is 18.1 Å². The molecule has 0 radical (unpaired) electrons. The van der Waals surface area contributed by atoms with Crippen LogP contribution in [0.1, 0.15) is 29.9 Å². The molecule has 3 aliphatic rings. The summed E-state index contributed by atoms with van der Waals surface area (Å²) in [6.45, 7) is 0.763. The molecule has 0 spiro atoms. The van der Waals surface area contributed by atoms with Crippen molar-refractivity contribution in [3.05, 3.63) is 59.7 Å². The van der Waals surface area contributed by atoms with E-state index in [1.165, 1.54) is 4.90 Å². The van der Waals surface area contributed by atoms with Gasteiger partial charge in [0.2, 0.25) is 5.91 Å². The third kappa shape index (κ3) is 4.61. The number of ether oxygens (including phenoxy) is 3. The standard InChI is InChI=1S/C26H28N2O7/c29-24(28-21-9-11-34-23(21)13-22(28)25(30)31)15-33-12-10-27-26(32)35-14-20-18-7-3-1-5-16(18)17-6-2-4-8-19(17)20/h1-8,20-23H,9-15H2,(H,27,32)(H,30,31). The summed E-state index contributed by atoms with van der Waals surface area (Å²) in [4.78, 5) is 37.8. The number of hydrogen-bond donors (Lipinski definition) is 2. The number of nitrogens with one attached hydrogen (secondary N) is 1. The summed E-state index contributed by atoms with van der Waals surface area (Å²) in [5.74, 6) is -1.43. The lowest BCUT2D eigenvalue weighted by Gasteiger charge is -2.26. The van der Waals surface area contributed by atoms with E-state index in [1.54, 1.807) is 0 Å². The molecule has 9 heteroatoms. The Labute approximate surface area is 203 Å². The number of carbonyl (C=O) groups excluding carboxylic acids is 2. The van der Waals surface area contributed by atoms with Crippen molar-refractivity contribution in [1.29, 1.82) is 0 Å². The van der Waals surface area contributed by atoms with Crippen molar-refractivity contribution in [1.82, 2.24) is 10.2 Å². The molecule has 0 bridgehead atoms. The maximum atomic E-state index is 12.6. The van der Waals surface area contributed by atoms with Crippen molar-refractivity contribution >= 4 is 18.0 Å². The van der Waals surface area contributed by atoms with E-state index >= 15 is 0 Å². The van der Waals surface area contributed by atoms with Gasteiger partial charge in [0.25, 0.3) is 0 Å². The molecule has 2 amide bonds. The van der Waals surface area contributed by atoms with Gasteiger partial charge in [-0.3, -0.25) is 4.79 Å². The number of carboxylic acid groups (broad SMARTS) is 1. The number of alkyl carbamates (subject to hydrolysis) is 1. The Hall–Kier alpha value is -3.43. The fraction of sp³-hybridized carbons (Fsp3) is 0.423. The predicted octanol–water partition coefficient (Wildman–Crippen LogP) is 2.38. The zero-order chi connectivity index (χ0) is 24.4. The summed E-state index contributed by atoms with van der Waals surface area (Å²) in [5, 5.41) is 12.1. The summed E-state index contributed by atoms with van der Waals surface area (Å²) in [6, 6.07) is 15.1. The minimum Gasteiger partial charge on any atom is -0.480 e. The molecule has 2 aromatic carbocycles. The molecule has 2 saturated heterocycles. The fourth-order valence-electron chi connectivity index (χ4n) is 5.43. The first-order valence-electron chi connectivity index (χ1n) is 11.9. The summed E-state index contributed by atoms with van der Waals surface area (Å²) in [6.07, 6.45) is 0.145. The molecule has 1 aliphatic carbocycles. The van der Waals surface area contributed by atoms with E-state index in [0.29, 0.717) is 19.4 Å². The highest BCUT2D eigenvalue weighted by molar-refractivity contribution is 5.85. The number of rotatable bonds is 8. The minimum absolute atomic E-state index is 0.0203. The van der Waals surface area contributed by atoms with E-state index in [4.69, 9.17) is 14.2 Å². The van der Waals surface area contributed by atoms with Gasteiger partial charge in [-0.05, 0) is 28.7 Å². The molecular weight excluding hydrogens is 452 g/mol. The van der Waals surface area contributed by atoms with Gasteiger partial charge in [-0.25, -0.2) is 9.59 Å². The fourth-order valence-corrected chi connectivity index (χ4v) is 5.43. The molecule has 35 heavy (non-hydrogen) atoms. The number of nitrogens with zero attached hydrogens (tertiary/aromatic N) is 1. The zero-order valence-corrected chi connectivity index (χ0v) is 19.2. The van der Waals surface area contributed by atoms with Crippen molar-refractivity contribution in [2.75, 3.05) is 33.0 Å². The van der Waals surface area contributed by atoms with Crippen molar-refractivity contribution in [2.45, 2.75) is 36.9 Å². The molecule has 3 unspecified atom stereocenters. The van der Waals surface area contributed by atoms with Gasteiger partial charge in [0, 0.05) is 25.5 Å². The Morgan fingerprint density at radius 2 is 1.74 bits per heavy atom. The van der Waals surface area contributed by atoms with Crippen molar-refractivity contribution in [2.24, 2.45) is 0 Å². The molecule has 2 N–H and O–H groups in total. The Bertz CT molecular complexity index is 1070. The lowest BCUT2D eigenvalue weighted by atomic mass is 9.98. The lowest BCUT2D eigenvalue weighted by Crippen LogP contribution is -2.47. The van der Waals surface area contributed by atoms with Crippen LogP contribution in [-0.4, -0.2) is 79.1 Å². The van der Waals surface area contributed by atoms with Crippen LogP contribution in [0.3, 0.4) is 0 Å².